The number of amides is 1. The molecular formula is C16H23ClN2O2. The van der Waals surface area contributed by atoms with Gasteiger partial charge in [-0.1, -0.05) is 24.3 Å². The monoisotopic (exact) mass is 310 g/mol. The van der Waals surface area contributed by atoms with Crippen molar-refractivity contribution in [2.45, 2.75) is 32.4 Å². The topological polar surface area (TPSA) is 61.4 Å². The van der Waals surface area contributed by atoms with Crippen molar-refractivity contribution in [1.29, 1.82) is 0 Å². The maximum absolute atomic E-state index is 12.2. The summed E-state index contributed by atoms with van der Waals surface area (Å²) < 4.78 is 0. The van der Waals surface area contributed by atoms with Gasteiger partial charge in [0.2, 0.25) is 5.91 Å². The van der Waals surface area contributed by atoms with Crippen molar-refractivity contribution in [1.82, 2.24) is 10.6 Å². The number of hydrogen-bond donors (Lipinski definition) is 3. The van der Waals surface area contributed by atoms with Crippen molar-refractivity contribution in [3.8, 4) is 0 Å². The lowest BCUT2D eigenvalue weighted by Gasteiger charge is -2.23. The van der Waals surface area contributed by atoms with Gasteiger partial charge >= 0.3 is 0 Å². The molecule has 5 heteroatoms. The fraction of sp³-hybridized carbons (Fsp3) is 0.562. The Balaban J connectivity index is 0.00000161. The van der Waals surface area contributed by atoms with Crippen LogP contribution in [0.4, 0.5) is 0 Å². The van der Waals surface area contributed by atoms with Gasteiger partial charge in [0, 0.05) is 12.5 Å². The molecular weight excluding hydrogens is 288 g/mol. The molecule has 2 aliphatic rings. The molecule has 3 rings (SSSR count). The number of rotatable bonds is 4. The number of halogens is 1. The molecule has 1 aromatic rings. The van der Waals surface area contributed by atoms with E-state index in [2.05, 4.69) is 10.6 Å². The maximum Gasteiger partial charge on any atom is 0.223 e. The van der Waals surface area contributed by atoms with E-state index >= 15 is 0 Å². The molecule has 1 amide bonds. The minimum absolute atomic E-state index is 0. The molecule has 0 aromatic heterocycles. The summed E-state index contributed by atoms with van der Waals surface area (Å²) in [7, 11) is 0. The van der Waals surface area contributed by atoms with Gasteiger partial charge in [0.1, 0.15) is 0 Å². The number of piperidine rings is 1. The van der Waals surface area contributed by atoms with E-state index in [1.54, 1.807) is 0 Å². The molecule has 1 saturated carbocycles. The molecule has 1 saturated heterocycles. The Labute approximate surface area is 131 Å². The van der Waals surface area contributed by atoms with Crippen molar-refractivity contribution < 1.29 is 9.90 Å². The second-order valence-corrected chi connectivity index (χ2v) is 6.06. The van der Waals surface area contributed by atoms with Crippen molar-refractivity contribution in [3.05, 3.63) is 35.4 Å². The van der Waals surface area contributed by atoms with Gasteiger partial charge in [0.05, 0.1) is 6.61 Å². The number of aliphatic hydroxyl groups excluding tert-OH is 1. The minimum atomic E-state index is 0. The lowest BCUT2D eigenvalue weighted by atomic mass is 9.92. The van der Waals surface area contributed by atoms with Crippen LogP contribution in [0.1, 0.15) is 30.4 Å². The molecule has 0 bridgehead atoms. The molecule has 21 heavy (non-hydrogen) atoms. The molecule has 1 atom stereocenters. The Kier molecular flexibility index (Phi) is 5.25. The van der Waals surface area contributed by atoms with E-state index in [0.29, 0.717) is 12.0 Å². The van der Waals surface area contributed by atoms with Gasteiger partial charge in [-0.15, -0.1) is 12.4 Å². The Bertz CT molecular complexity index is 501. The zero-order chi connectivity index (χ0) is 14.0. The Hall–Kier alpha value is -1.10. The molecule has 1 unspecified atom stereocenters. The molecule has 1 spiro atoms. The molecule has 4 nitrogen and oxygen atoms in total. The summed E-state index contributed by atoms with van der Waals surface area (Å²) in [6.45, 7) is 2.68. The SMILES string of the molecule is Cl.O=C(NCc1cccc(CO)c1)C1CC12CCNCC2. The highest BCUT2D eigenvalue weighted by molar-refractivity contribution is 5.85. The number of aliphatic hydroxyl groups is 1. The van der Waals surface area contributed by atoms with Crippen LogP contribution in [0.25, 0.3) is 0 Å². The van der Waals surface area contributed by atoms with E-state index in [1.807, 2.05) is 24.3 Å². The first-order valence-electron chi connectivity index (χ1n) is 7.41. The van der Waals surface area contributed by atoms with Gasteiger partial charge in [-0.2, -0.15) is 0 Å². The van der Waals surface area contributed by atoms with Crippen molar-refractivity contribution in [2.75, 3.05) is 13.1 Å². The summed E-state index contributed by atoms with van der Waals surface area (Å²) in [6.07, 6.45) is 3.31. The van der Waals surface area contributed by atoms with Crippen LogP contribution in [0.3, 0.4) is 0 Å². The van der Waals surface area contributed by atoms with Crippen LogP contribution < -0.4 is 10.6 Å². The maximum atomic E-state index is 12.2. The molecule has 0 radical (unpaired) electrons. The lowest BCUT2D eigenvalue weighted by molar-refractivity contribution is -0.123. The Morgan fingerprint density at radius 2 is 2.05 bits per heavy atom. The van der Waals surface area contributed by atoms with Crippen LogP contribution in [0, 0.1) is 11.3 Å². The van der Waals surface area contributed by atoms with E-state index in [-0.39, 0.29) is 30.8 Å². The third kappa shape index (κ3) is 3.57. The Morgan fingerprint density at radius 1 is 1.33 bits per heavy atom. The second-order valence-electron chi connectivity index (χ2n) is 6.06. The summed E-state index contributed by atoms with van der Waals surface area (Å²) in [5.41, 5.74) is 2.23. The minimum Gasteiger partial charge on any atom is -0.392 e. The lowest BCUT2D eigenvalue weighted by Crippen LogP contribution is -2.33. The van der Waals surface area contributed by atoms with Crippen LogP contribution in [-0.2, 0) is 17.9 Å². The average Bonchev–Trinajstić information content (AvgIpc) is 3.19. The largest absolute Gasteiger partial charge is 0.392 e. The van der Waals surface area contributed by atoms with Crippen LogP contribution in [0.5, 0.6) is 0 Å². The van der Waals surface area contributed by atoms with Gasteiger partial charge in [-0.05, 0) is 48.9 Å². The molecule has 3 N–H and O–H groups in total. The van der Waals surface area contributed by atoms with Crippen LogP contribution >= 0.6 is 12.4 Å². The highest BCUT2D eigenvalue weighted by Gasteiger charge is 2.57. The number of nitrogens with one attached hydrogen (secondary N) is 2. The molecule has 1 aliphatic heterocycles. The first kappa shape index (κ1) is 16.3. The summed E-state index contributed by atoms with van der Waals surface area (Å²) >= 11 is 0. The molecule has 2 fully saturated rings. The van der Waals surface area contributed by atoms with E-state index in [1.165, 1.54) is 0 Å². The zero-order valence-corrected chi connectivity index (χ0v) is 12.9. The molecule has 1 aliphatic carbocycles. The Morgan fingerprint density at radius 3 is 2.76 bits per heavy atom. The van der Waals surface area contributed by atoms with Gasteiger partial charge in [-0.3, -0.25) is 4.79 Å². The summed E-state index contributed by atoms with van der Waals surface area (Å²) in [6, 6.07) is 7.72. The smallest absolute Gasteiger partial charge is 0.223 e. The molecule has 1 heterocycles. The van der Waals surface area contributed by atoms with Crippen molar-refractivity contribution in [3.63, 3.8) is 0 Å². The molecule has 116 valence electrons. The third-order valence-corrected chi connectivity index (χ3v) is 4.75. The van der Waals surface area contributed by atoms with Crippen molar-refractivity contribution >= 4 is 18.3 Å². The molecule has 1 aromatic carbocycles. The average molecular weight is 311 g/mol. The third-order valence-electron chi connectivity index (χ3n) is 4.75. The summed E-state index contributed by atoms with van der Waals surface area (Å²) in [4.78, 5) is 12.2. The predicted molar refractivity (Wildman–Crippen MR) is 84.1 cm³/mol. The first-order chi connectivity index (χ1) is 9.73. The van der Waals surface area contributed by atoms with Crippen LogP contribution in [0.2, 0.25) is 0 Å². The first-order valence-corrected chi connectivity index (χ1v) is 7.41. The van der Waals surface area contributed by atoms with Crippen LogP contribution in [-0.4, -0.2) is 24.1 Å². The highest BCUT2D eigenvalue weighted by atomic mass is 35.5. The summed E-state index contributed by atoms with van der Waals surface area (Å²) in [5.74, 6) is 0.409. The number of hydrogen-bond acceptors (Lipinski definition) is 3. The predicted octanol–water partition coefficient (Wildman–Crippen LogP) is 1.61. The standard InChI is InChI=1S/C16H22N2O2.ClH/c19-11-13-3-1-2-12(8-13)10-18-15(20)14-9-16(14)4-6-17-7-5-16;/h1-3,8,14,17,19H,4-7,9-11H2,(H,18,20);1H. The van der Waals surface area contributed by atoms with E-state index in [4.69, 9.17) is 5.11 Å². The van der Waals surface area contributed by atoms with E-state index < -0.39 is 0 Å². The highest BCUT2D eigenvalue weighted by Crippen LogP contribution is 2.58. The number of carbonyl (C=O) groups excluding carboxylic acids is 1. The number of benzene rings is 1. The second kappa shape index (κ2) is 6.77. The normalized spacial score (nSPS) is 22.4. The summed E-state index contributed by atoms with van der Waals surface area (Å²) in [5, 5.41) is 15.5. The fourth-order valence-electron chi connectivity index (χ4n) is 3.35. The number of carbonyl (C=O) groups is 1. The quantitative estimate of drug-likeness (QED) is 0.792. The van der Waals surface area contributed by atoms with Gasteiger partial charge in [0.25, 0.3) is 0 Å². The van der Waals surface area contributed by atoms with E-state index in [0.717, 1.165) is 43.5 Å². The van der Waals surface area contributed by atoms with Crippen molar-refractivity contribution in [2.24, 2.45) is 11.3 Å². The van der Waals surface area contributed by atoms with E-state index in [9.17, 15) is 4.79 Å². The van der Waals surface area contributed by atoms with Gasteiger partial charge < -0.3 is 15.7 Å². The van der Waals surface area contributed by atoms with Gasteiger partial charge in [-0.25, -0.2) is 0 Å². The van der Waals surface area contributed by atoms with Crippen LogP contribution in [0.15, 0.2) is 24.3 Å². The fourth-order valence-corrected chi connectivity index (χ4v) is 3.35. The van der Waals surface area contributed by atoms with Gasteiger partial charge in [0.15, 0.2) is 0 Å². The zero-order valence-electron chi connectivity index (χ0n) is 12.1.